The van der Waals surface area contributed by atoms with Gasteiger partial charge in [0.25, 0.3) is 11.8 Å². The molecule has 8 heteroatoms. The van der Waals surface area contributed by atoms with Crippen LogP contribution >= 0.6 is 11.8 Å². The Labute approximate surface area is 149 Å². The Hall–Kier alpha value is -2.35. The molecular formula is C17H18N2O5S. The minimum atomic E-state index is -0.971. The smallest absolute Gasteiger partial charge is 0.305 e. The lowest BCUT2D eigenvalue weighted by Gasteiger charge is -2.35. The zero-order valence-electron chi connectivity index (χ0n) is 13.7. The Bertz CT molecular complexity index is 763. The van der Waals surface area contributed by atoms with E-state index in [1.807, 2.05) is 6.92 Å². The van der Waals surface area contributed by atoms with Gasteiger partial charge >= 0.3 is 5.97 Å². The third kappa shape index (κ3) is 3.39. The van der Waals surface area contributed by atoms with Crippen molar-refractivity contribution in [2.45, 2.75) is 19.4 Å². The monoisotopic (exact) mass is 362 g/mol. The Kier molecular flexibility index (Phi) is 4.80. The molecule has 132 valence electrons. The first kappa shape index (κ1) is 17.5. The second kappa shape index (κ2) is 6.87. The molecule has 1 atom stereocenters. The van der Waals surface area contributed by atoms with Crippen molar-refractivity contribution in [3.8, 4) is 0 Å². The molecule has 0 bridgehead atoms. The van der Waals surface area contributed by atoms with Gasteiger partial charge in [0.1, 0.15) is 6.54 Å². The van der Waals surface area contributed by atoms with Gasteiger partial charge in [-0.3, -0.25) is 24.1 Å². The number of rotatable bonds is 4. The number of benzene rings is 1. The molecule has 25 heavy (non-hydrogen) atoms. The van der Waals surface area contributed by atoms with E-state index in [-0.39, 0.29) is 13.0 Å². The van der Waals surface area contributed by atoms with Crippen LogP contribution in [0.2, 0.25) is 0 Å². The molecule has 3 amide bonds. The van der Waals surface area contributed by atoms with Crippen molar-refractivity contribution >= 4 is 35.5 Å². The number of fused-ring (bicyclic) bond motifs is 1. The van der Waals surface area contributed by atoms with Crippen molar-refractivity contribution in [2.75, 3.05) is 24.6 Å². The number of carboxylic acids is 1. The van der Waals surface area contributed by atoms with Gasteiger partial charge < -0.3 is 10.0 Å². The van der Waals surface area contributed by atoms with Crippen LogP contribution in [0.15, 0.2) is 18.2 Å². The van der Waals surface area contributed by atoms with Crippen LogP contribution < -0.4 is 0 Å². The average molecular weight is 362 g/mol. The minimum Gasteiger partial charge on any atom is -0.481 e. The first-order valence-electron chi connectivity index (χ1n) is 7.94. The molecule has 0 radical (unpaired) electrons. The van der Waals surface area contributed by atoms with E-state index in [0.717, 1.165) is 10.5 Å². The Morgan fingerprint density at radius 2 is 1.96 bits per heavy atom. The van der Waals surface area contributed by atoms with E-state index in [0.29, 0.717) is 29.2 Å². The number of carbonyl (C=O) groups excluding carboxylic acids is 3. The minimum absolute atomic E-state index is 0.139. The number of hydrogen-bond acceptors (Lipinski definition) is 5. The van der Waals surface area contributed by atoms with Gasteiger partial charge in [-0.2, -0.15) is 11.8 Å². The van der Waals surface area contributed by atoms with Crippen LogP contribution in [0.1, 0.15) is 32.7 Å². The number of amides is 3. The summed E-state index contributed by atoms with van der Waals surface area (Å²) in [6.45, 7) is 1.89. The van der Waals surface area contributed by atoms with Gasteiger partial charge in [-0.1, -0.05) is 11.6 Å². The number of nitrogens with zero attached hydrogens (tertiary/aromatic N) is 2. The summed E-state index contributed by atoms with van der Waals surface area (Å²) in [5.41, 5.74) is 1.48. The van der Waals surface area contributed by atoms with Crippen molar-refractivity contribution in [1.29, 1.82) is 0 Å². The Morgan fingerprint density at radius 1 is 1.24 bits per heavy atom. The van der Waals surface area contributed by atoms with Crippen LogP contribution in [0.5, 0.6) is 0 Å². The third-order valence-corrected chi connectivity index (χ3v) is 5.47. The normalized spacial score (nSPS) is 20.0. The van der Waals surface area contributed by atoms with Crippen LogP contribution in [0.25, 0.3) is 0 Å². The first-order chi connectivity index (χ1) is 11.9. The predicted octanol–water partition coefficient (Wildman–Crippen LogP) is 1.01. The lowest BCUT2D eigenvalue weighted by molar-refractivity contribution is -0.140. The number of carboxylic acid groups (broad SMARTS) is 1. The van der Waals surface area contributed by atoms with Gasteiger partial charge in [-0.05, 0) is 19.1 Å². The molecule has 1 saturated heterocycles. The average Bonchev–Trinajstić information content (AvgIpc) is 2.79. The molecule has 0 aromatic heterocycles. The standard InChI is InChI=1S/C17H18N2O5S/c1-10-2-3-12-13(6-10)17(24)19(16(12)23)8-14(20)18-4-5-25-9-11(18)7-15(21)22/h2-3,6,11H,4-5,7-9H2,1H3,(H,21,22). The summed E-state index contributed by atoms with van der Waals surface area (Å²) in [5.74, 6) is -1.06. The van der Waals surface area contributed by atoms with E-state index >= 15 is 0 Å². The number of aryl methyl sites for hydroxylation is 1. The lowest BCUT2D eigenvalue weighted by atomic mass is 10.1. The molecule has 7 nitrogen and oxygen atoms in total. The summed E-state index contributed by atoms with van der Waals surface area (Å²) in [6, 6.07) is 4.58. The quantitative estimate of drug-likeness (QED) is 0.803. The van der Waals surface area contributed by atoms with Gasteiger partial charge in [0.15, 0.2) is 0 Å². The van der Waals surface area contributed by atoms with E-state index in [2.05, 4.69) is 0 Å². The molecular weight excluding hydrogens is 344 g/mol. The second-order valence-corrected chi connectivity index (χ2v) is 7.31. The van der Waals surface area contributed by atoms with Crippen LogP contribution in [-0.2, 0) is 9.59 Å². The third-order valence-electron chi connectivity index (χ3n) is 4.38. The zero-order valence-corrected chi connectivity index (χ0v) is 14.5. The maximum absolute atomic E-state index is 12.6. The molecule has 1 N–H and O–H groups in total. The second-order valence-electron chi connectivity index (χ2n) is 6.16. The van der Waals surface area contributed by atoms with Crippen LogP contribution in [0.3, 0.4) is 0 Å². The molecule has 2 aliphatic heterocycles. The highest BCUT2D eigenvalue weighted by Crippen LogP contribution is 2.25. The van der Waals surface area contributed by atoms with Gasteiger partial charge in [-0.15, -0.1) is 0 Å². The largest absolute Gasteiger partial charge is 0.481 e. The highest BCUT2D eigenvalue weighted by atomic mass is 32.2. The molecule has 2 aliphatic rings. The SMILES string of the molecule is Cc1ccc2c(c1)C(=O)N(CC(=O)N1CCSCC1CC(=O)O)C2=O. The van der Waals surface area contributed by atoms with E-state index in [4.69, 9.17) is 5.11 Å². The van der Waals surface area contributed by atoms with E-state index in [9.17, 15) is 19.2 Å². The summed E-state index contributed by atoms with van der Waals surface area (Å²) >= 11 is 1.60. The summed E-state index contributed by atoms with van der Waals surface area (Å²) in [7, 11) is 0. The molecule has 2 heterocycles. The lowest BCUT2D eigenvalue weighted by Crippen LogP contribution is -2.51. The highest BCUT2D eigenvalue weighted by molar-refractivity contribution is 7.99. The van der Waals surface area contributed by atoms with Crippen molar-refractivity contribution in [1.82, 2.24) is 9.80 Å². The van der Waals surface area contributed by atoms with Gasteiger partial charge in [0.2, 0.25) is 5.91 Å². The summed E-state index contributed by atoms with van der Waals surface area (Å²) in [5, 5.41) is 9.01. The fourth-order valence-electron chi connectivity index (χ4n) is 3.13. The molecule has 1 aromatic rings. The van der Waals surface area contributed by atoms with Crippen molar-refractivity contribution in [2.24, 2.45) is 0 Å². The van der Waals surface area contributed by atoms with E-state index in [1.165, 1.54) is 4.90 Å². The number of imide groups is 1. The van der Waals surface area contributed by atoms with Crippen LogP contribution in [0, 0.1) is 6.92 Å². The fourth-order valence-corrected chi connectivity index (χ4v) is 4.19. The number of carbonyl (C=O) groups is 4. The molecule has 3 rings (SSSR count). The van der Waals surface area contributed by atoms with Gasteiger partial charge in [0.05, 0.1) is 23.6 Å². The summed E-state index contributed by atoms with van der Waals surface area (Å²) in [6.07, 6.45) is -0.139. The molecule has 0 spiro atoms. The van der Waals surface area contributed by atoms with Crippen molar-refractivity contribution < 1.29 is 24.3 Å². The van der Waals surface area contributed by atoms with Crippen molar-refractivity contribution in [3.05, 3.63) is 34.9 Å². The van der Waals surface area contributed by atoms with Crippen LogP contribution in [0.4, 0.5) is 0 Å². The number of thioether (sulfide) groups is 1. The maximum Gasteiger partial charge on any atom is 0.305 e. The zero-order chi connectivity index (χ0) is 18.1. The topological polar surface area (TPSA) is 95.0 Å². The number of aliphatic carboxylic acids is 1. The van der Waals surface area contributed by atoms with Crippen LogP contribution in [-0.4, -0.2) is 69.2 Å². The summed E-state index contributed by atoms with van der Waals surface area (Å²) in [4.78, 5) is 51.0. The molecule has 1 aromatic carbocycles. The van der Waals surface area contributed by atoms with E-state index < -0.39 is 29.7 Å². The van der Waals surface area contributed by atoms with Crippen molar-refractivity contribution in [3.63, 3.8) is 0 Å². The highest BCUT2D eigenvalue weighted by Gasteiger charge is 2.38. The molecule has 1 fully saturated rings. The Morgan fingerprint density at radius 3 is 2.68 bits per heavy atom. The van der Waals surface area contributed by atoms with Gasteiger partial charge in [0, 0.05) is 18.1 Å². The summed E-state index contributed by atoms with van der Waals surface area (Å²) < 4.78 is 0. The number of hydrogen-bond donors (Lipinski definition) is 1. The predicted molar refractivity (Wildman–Crippen MR) is 91.6 cm³/mol. The van der Waals surface area contributed by atoms with E-state index in [1.54, 1.807) is 30.0 Å². The fraction of sp³-hybridized carbons (Fsp3) is 0.412. The first-order valence-corrected chi connectivity index (χ1v) is 9.10. The molecule has 0 saturated carbocycles. The molecule has 1 unspecified atom stereocenters. The maximum atomic E-state index is 12.6. The molecule has 0 aliphatic carbocycles. The van der Waals surface area contributed by atoms with Gasteiger partial charge in [-0.25, -0.2) is 0 Å². The Balaban J connectivity index is 1.75.